The van der Waals surface area contributed by atoms with Crippen molar-refractivity contribution in [2.45, 2.75) is 39.2 Å². The van der Waals surface area contributed by atoms with Crippen LogP contribution in [0.25, 0.3) is 0 Å². The molecule has 2 nitrogen and oxygen atoms in total. The lowest BCUT2D eigenvalue weighted by molar-refractivity contribution is 0.213. The Morgan fingerprint density at radius 1 is 1.58 bits per heavy atom. The van der Waals surface area contributed by atoms with Crippen LogP contribution in [-0.4, -0.2) is 24.0 Å². The fourth-order valence-electron chi connectivity index (χ4n) is 1.51. The summed E-state index contributed by atoms with van der Waals surface area (Å²) in [6.07, 6.45) is 3.46. The molecular weight excluding hydrogens is 148 g/mol. The van der Waals surface area contributed by atoms with Crippen molar-refractivity contribution < 1.29 is 0 Å². The summed E-state index contributed by atoms with van der Waals surface area (Å²) >= 11 is 0. The van der Waals surface area contributed by atoms with Gasteiger partial charge in [0.05, 0.1) is 12.5 Å². The Bertz CT molecular complexity index is 167. The third kappa shape index (κ3) is 2.83. The molecule has 1 saturated carbocycles. The number of nitrogens with zero attached hydrogens (tertiary/aromatic N) is 2. The Balaban J connectivity index is 2.26. The molecule has 1 rings (SSSR count). The summed E-state index contributed by atoms with van der Waals surface area (Å²) in [5.74, 6) is 0.936. The summed E-state index contributed by atoms with van der Waals surface area (Å²) in [6, 6.07) is 2.68. The predicted octanol–water partition coefficient (Wildman–Crippen LogP) is 2.02. The van der Waals surface area contributed by atoms with E-state index in [1.807, 2.05) is 0 Å². The van der Waals surface area contributed by atoms with Gasteiger partial charge in [0.2, 0.25) is 0 Å². The normalized spacial score (nSPS) is 19.2. The first-order valence-corrected chi connectivity index (χ1v) is 4.89. The molecule has 0 aliphatic heterocycles. The Labute approximate surface area is 75.2 Å². The van der Waals surface area contributed by atoms with E-state index < -0.39 is 0 Å². The molecule has 0 heterocycles. The van der Waals surface area contributed by atoms with E-state index in [0.717, 1.165) is 12.5 Å². The second kappa shape index (κ2) is 4.47. The molecule has 0 radical (unpaired) electrons. The van der Waals surface area contributed by atoms with Crippen LogP contribution in [0.15, 0.2) is 0 Å². The SMILES string of the molecule is CCN(CC1CC1)C(C)CC#N. The molecule has 1 fully saturated rings. The summed E-state index contributed by atoms with van der Waals surface area (Å²) < 4.78 is 0. The highest BCUT2D eigenvalue weighted by Gasteiger charge is 2.25. The average Bonchev–Trinajstić information content (AvgIpc) is 2.84. The van der Waals surface area contributed by atoms with E-state index in [-0.39, 0.29) is 0 Å². The van der Waals surface area contributed by atoms with E-state index in [1.54, 1.807) is 0 Å². The molecule has 68 valence electrons. The standard InChI is InChI=1S/C10H18N2/c1-3-12(8-10-4-5-10)9(2)6-7-11/h9-10H,3-6,8H2,1-2H3. The number of rotatable bonds is 5. The first kappa shape index (κ1) is 9.54. The largest absolute Gasteiger partial charge is 0.300 e. The summed E-state index contributed by atoms with van der Waals surface area (Å²) in [6.45, 7) is 6.62. The lowest BCUT2D eigenvalue weighted by Gasteiger charge is -2.25. The van der Waals surface area contributed by atoms with Crippen LogP contribution in [0.3, 0.4) is 0 Å². The summed E-state index contributed by atoms with van der Waals surface area (Å²) in [4.78, 5) is 2.42. The lowest BCUT2D eigenvalue weighted by atomic mass is 10.2. The molecule has 0 aromatic carbocycles. The molecule has 0 N–H and O–H groups in total. The molecule has 2 heteroatoms. The molecule has 0 saturated heterocycles. The molecule has 0 aromatic rings. The van der Waals surface area contributed by atoms with Crippen LogP contribution >= 0.6 is 0 Å². The van der Waals surface area contributed by atoms with Crippen LogP contribution in [0.4, 0.5) is 0 Å². The smallest absolute Gasteiger partial charge is 0.0638 e. The Hall–Kier alpha value is -0.550. The van der Waals surface area contributed by atoms with Gasteiger partial charge in [-0.3, -0.25) is 4.90 Å². The number of nitriles is 1. The minimum Gasteiger partial charge on any atom is -0.300 e. The van der Waals surface area contributed by atoms with E-state index >= 15 is 0 Å². The van der Waals surface area contributed by atoms with Gasteiger partial charge in [-0.1, -0.05) is 6.92 Å². The van der Waals surface area contributed by atoms with E-state index in [4.69, 9.17) is 5.26 Å². The second-order valence-electron chi connectivity index (χ2n) is 3.74. The monoisotopic (exact) mass is 166 g/mol. The fraction of sp³-hybridized carbons (Fsp3) is 0.900. The van der Waals surface area contributed by atoms with Crippen LogP contribution in [0, 0.1) is 17.2 Å². The van der Waals surface area contributed by atoms with Gasteiger partial charge >= 0.3 is 0 Å². The maximum Gasteiger partial charge on any atom is 0.0638 e. The van der Waals surface area contributed by atoms with Crippen LogP contribution in [0.2, 0.25) is 0 Å². The maximum atomic E-state index is 8.55. The van der Waals surface area contributed by atoms with Crippen molar-refractivity contribution >= 4 is 0 Å². The van der Waals surface area contributed by atoms with E-state index in [0.29, 0.717) is 12.5 Å². The molecule has 0 aromatic heterocycles. The first-order valence-electron chi connectivity index (χ1n) is 4.89. The zero-order valence-electron chi connectivity index (χ0n) is 8.08. The highest BCUT2D eigenvalue weighted by molar-refractivity contribution is 4.83. The molecular formula is C10H18N2. The van der Waals surface area contributed by atoms with Gasteiger partial charge in [0.25, 0.3) is 0 Å². The highest BCUT2D eigenvalue weighted by atomic mass is 15.1. The quantitative estimate of drug-likeness (QED) is 0.624. The number of hydrogen-bond donors (Lipinski definition) is 0. The van der Waals surface area contributed by atoms with Crippen molar-refractivity contribution in [2.75, 3.05) is 13.1 Å². The molecule has 1 unspecified atom stereocenters. The van der Waals surface area contributed by atoms with Crippen molar-refractivity contribution in [1.82, 2.24) is 4.90 Å². The lowest BCUT2D eigenvalue weighted by Crippen LogP contribution is -2.34. The molecule has 1 aliphatic rings. The number of hydrogen-bond acceptors (Lipinski definition) is 2. The first-order chi connectivity index (χ1) is 5.77. The third-order valence-corrected chi connectivity index (χ3v) is 2.61. The predicted molar refractivity (Wildman–Crippen MR) is 49.7 cm³/mol. The Kier molecular flexibility index (Phi) is 3.55. The average molecular weight is 166 g/mol. The second-order valence-corrected chi connectivity index (χ2v) is 3.74. The van der Waals surface area contributed by atoms with Gasteiger partial charge in [-0.05, 0) is 32.2 Å². The van der Waals surface area contributed by atoms with Gasteiger partial charge < -0.3 is 0 Å². The highest BCUT2D eigenvalue weighted by Crippen LogP contribution is 2.30. The summed E-state index contributed by atoms with van der Waals surface area (Å²) in [7, 11) is 0. The van der Waals surface area contributed by atoms with Gasteiger partial charge in [-0.25, -0.2) is 0 Å². The molecule has 1 aliphatic carbocycles. The summed E-state index contributed by atoms with van der Waals surface area (Å²) in [5.41, 5.74) is 0. The zero-order chi connectivity index (χ0) is 8.97. The van der Waals surface area contributed by atoms with Gasteiger partial charge in [-0.15, -0.1) is 0 Å². The van der Waals surface area contributed by atoms with E-state index in [1.165, 1.54) is 19.4 Å². The van der Waals surface area contributed by atoms with Crippen LogP contribution in [0.5, 0.6) is 0 Å². The minimum atomic E-state index is 0.445. The van der Waals surface area contributed by atoms with Crippen molar-refractivity contribution in [3.8, 4) is 6.07 Å². The van der Waals surface area contributed by atoms with Crippen molar-refractivity contribution in [2.24, 2.45) is 5.92 Å². The molecule has 1 atom stereocenters. The molecule has 0 amide bonds. The Morgan fingerprint density at radius 3 is 2.67 bits per heavy atom. The van der Waals surface area contributed by atoms with Crippen LogP contribution in [0.1, 0.15) is 33.1 Å². The van der Waals surface area contributed by atoms with Crippen molar-refractivity contribution in [3.63, 3.8) is 0 Å². The van der Waals surface area contributed by atoms with Crippen molar-refractivity contribution in [3.05, 3.63) is 0 Å². The minimum absolute atomic E-state index is 0.445. The topological polar surface area (TPSA) is 27.0 Å². The fourth-order valence-corrected chi connectivity index (χ4v) is 1.51. The Morgan fingerprint density at radius 2 is 2.25 bits per heavy atom. The van der Waals surface area contributed by atoms with Gasteiger partial charge in [0.15, 0.2) is 0 Å². The maximum absolute atomic E-state index is 8.55. The molecule has 12 heavy (non-hydrogen) atoms. The van der Waals surface area contributed by atoms with E-state index in [9.17, 15) is 0 Å². The van der Waals surface area contributed by atoms with Crippen LogP contribution < -0.4 is 0 Å². The van der Waals surface area contributed by atoms with Gasteiger partial charge in [0, 0.05) is 12.6 Å². The van der Waals surface area contributed by atoms with Gasteiger partial charge in [0.1, 0.15) is 0 Å². The molecule has 0 bridgehead atoms. The zero-order valence-corrected chi connectivity index (χ0v) is 8.08. The molecule has 0 spiro atoms. The third-order valence-electron chi connectivity index (χ3n) is 2.61. The van der Waals surface area contributed by atoms with Crippen LogP contribution in [-0.2, 0) is 0 Å². The summed E-state index contributed by atoms with van der Waals surface area (Å²) in [5, 5.41) is 8.55. The van der Waals surface area contributed by atoms with Gasteiger partial charge in [-0.2, -0.15) is 5.26 Å². The van der Waals surface area contributed by atoms with Crippen molar-refractivity contribution in [1.29, 1.82) is 5.26 Å². The van der Waals surface area contributed by atoms with E-state index in [2.05, 4.69) is 24.8 Å².